The molecule has 12 nitrogen and oxygen atoms in total. The van der Waals surface area contributed by atoms with Crippen LogP contribution in [0.4, 0.5) is 32.0 Å². The molecule has 1 aromatic carbocycles. The lowest BCUT2D eigenvalue weighted by molar-refractivity contribution is -0.193. The minimum absolute atomic E-state index is 0.117. The lowest BCUT2D eigenvalue weighted by atomic mass is 9.87. The summed E-state index contributed by atoms with van der Waals surface area (Å²) in [5, 5.41) is 26.8. The number of nitrogens with one attached hydrogen (secondary N) is 1. The number of pyridine rings is 1. The number of aromatic nitrogens is 1. The van der Waals surface area contributed by atoms with Gasteiger partial charge in [-0.1, -0.05) is 38.2 Å². The highest BCUT2D eigenvalue weighted by molar-refractivity contribution is 5.96. The Bertz CT molecular complexity index is 1440. The minimum Gasteiger partial charge on any atom is -0.481 e. The second-order valence-corrected chi connectivity index (χ2v) is 11.7. The smallest absolute Gasteiger partial charge is 0.481 e. The van der Waals surface area contributed by atoms with Crippen molar-refractivity contribution in [2.45, 2.75) is 76.3 Å². The number of hydrogen-bond donors (Lipinski definition) is 4. The van der Waals surface area contributed by atoms with E-state index < -0.39 is 36.3 Å². The van der Waals surface area contributed by atoms with Crippen molar-refractivity contribution in [1.29, 1.82) is 0 Å². The van der Waals surface area contributed by atoms with E-state index in [0.717, 1.165) is 24.0 Å². The first kappa shape index (κ1) is 41.3. The largest absolute Gasteiger partial charge is 0.490 e. The number of rotatable bonds is 9. The van der Waals surface area contributed by atoms with Gasteiger partial charge in [0.15, 0.2) is 0 Å². The van der Waals surface area contributed by atoms with E-state index in [1.165, 1.54) is 32.1 Å². The average molecular weight is 721 g/mol. The third kappa shape index (κ3) is 13.9. The Morgan fingerprint density at radius 3 is 2.00 bits per heavy atom. The molecule has 1 aliphatic heterocycles. The van der Waals surface area contributed by atoms with Gasteiger partial charge in [-0.15, -0.1) is 0 Å². The number of carbonyl (C=O) groups is 5. The van der Waals surface area contributed by atoms with Crippen LogP contribution in [0, 0.1) is 5.92 Å². The monoisotopic (exact) mass is 720 g/mol. The molecule has 0 radical (unpaired) electrons. The summed E-state index contributed by atoms with van der Waals surface area (Å²) in [6.07, 6.45) is 0.866. The lowest BCUT2D eigenvalue weighted by Crippen LogP contribution is -2.42. The van der Waals surface area contributed by atoms with E-state index >= 15 is 0 Å². The van der Waals surface area contributed by atoms with Crippen LogP contribution in [0.25, 0.3) is 0 Å². The molecular formula is C32H38F6N4O8. The van der Waals surface area contributed by atoms with E-state index in [4.69, 9.17) is 19.8 Å². The number of likely N-dealkylation sites (N-methyl/N-ethyl adjacent to an activating group) is 1. The Kier molecular flexibility index (Phi) is 15.5. The van der Waals surface area contributed by atoms with Gasteiger partial charge in [0.25, 0.3) is 5.91 Å². The van der Waals surface area contributed by atoms with Crippen LogP contribution in [0.5, 0.6) is 0 Å². The summed E-state index contributed by atoms with van der Waals surface area (Å²) in [7, 11) is 1.77. The first-order valence-corrected chi connectivity index (χ1v) is 15.4. The Balaban J connectivity index is 0.000000521. The molecule has 1 saturated carbocycles. The van der Waals surface area contributed by atoms with Crippen molar-refractivity contribution in [2.75, 3.05) is 25.5 Å². The number of halogens is 6. The molecule has 0 bridgehead atoms. The normalized spacial score (nSPS) is 16.3. The van der Waals surface area contributed by atoms with E-state index in [1.54, 1.807) is 41.4 Å². The molecular weight excluding hydrogens is 682 g/mol. The number of aliphatic carboxylic acids is 3. The molecule has 2 aliphatic rings. The fraction of sp³-hybridized carbons (Fsp3) is 0.500. The topological polar surface area (TPSA) is 177 Å². The quantitative estimate of drug-likeness (QED) is 0.251. The summed E-state index contributed by atoms with van der Waals surface area (Å²) in [4.78, 5) is 63.2. The van der Waals surface area contributed by atoms with Gasteiger partial charge in [0.2, 0.25) is 5.91 Å². The Morgan fingerprint density at radius 1 is 0.920 bits per heavy atom. The zero-order chi connectivity index (χ0) is 37.6. The van der Waals surface area contributed by atoms with Crippen LogP contribution >= 0.6 is 0 Å². The maximum atomic E-state index is 13.3. The molecule has 2 heterocycles. The van der Waals surface area contributed by atoms with Crippen molar-refractivity contribution in [3.8, 4) is 0 Å². The number of alkyl halides is 6. The summed E-state index contributed by atoms with van der Waals surface area (Å²) in [6.45, 7) is 1.60. The van der Waals surface area contributed by atoms with Crippen LogP contribution in [0.15, 0.2) is 42.7 Å². The molecule has 4 N–H and O–H groups in total. The van der Waals surface area contributed by atoms with Crippen LogP contribution in [0.2, 0.25) is 0 Å². The molecule has 18 heteroatoms. The van der Waals surface area contributed by atoms with Gasteiger partial charge in [-0.05, 0) is 54.2 Å². The van der Waals surface area contributed by atoms with E-state index in [1.807, 2.05) is 18.2 Å². The molecule has 1 atom stereocenters. The van der Waals surface area contributed by atoms with Crippen molar-refractivity contribution in [3.05, 3.63) is 59.4 Å². The molecule has 1 unspecified atom stereocenters. The van der Waals surface area contributed by atoms with Crippen LogP contribution in [0.1, 0.15) is 66.4 Å². The van der Waals surface area contributed by atoms with E-state index in [-0.39, 0.29) is 18.2 Å². The van der Waals surface area contributed by atoms with Gasteiger partial charge < -0.3 is 30.4 Å². The van der Waals surface area contributed by atoms with Gasteiger partial charge in [-0.3, -0.25) is 19.4 Å². The number of carbonyl (C=O) groups excluding carboxylic acids is 2. The molecule has 1 aliphatic carbocycles. The number of anilines is 1. The number of carboxylic acid groups (broad SMARTS) is 3. The number of hydrogen-bond acceptors (Lipinski definition) is 7. The van der Waals surface area contributed by atoms with E-state index in [2.05, 4.69) is 10.3 Å². The molecule has 50 heavy (non-hydrogen) atoms. The SMILES string of the molecule is CN(CCc1ccncc1)C(=O)c1ccc2c(c1)NC(CC(=O)O)C(=O)N(CCC1CCCCC1)C2.O=C(O)C(F)(F)F.O=C(O)C(F)(F)F. The van der Waals surface area contributed by atoms with Crippen molar-refractivity contribution < 1.29 is 65.6 Å². The zero-order valence-electron chi connectivity index (χ0n) is 27.0. The molecule has 0 spiro atoms. The predicted molar refractivity (Wildman–Crippen MR) is 165 cm³/mol. The first-order chi connectivity index (χ1) is 23.3. The standard InChI is InChI=1S/C28H36N4O4.2C2HF3O2/c1-31(15-11-21-9-13-29-14-10-21)27(35)22-7-8-23-19-32(16-12-20-5-3-2-4-6-20)28(36)25(18-26(33)34)30-24(23)17-22;2*3-2(4,5)1(6)7/h7-10,13-14,17,20,25,30H,2-6,11-12,15-16,18-19H2,1H3,(H,33,34);2*(H,6,7). The minimum atomic E-state index is -5.08. The van der Waals surface area contributed by atoms with Crippen LogP contribution < -0.4 is 5.32 Å². The molecule has 1 aromatic heterocycles. The van der Waals surface area contributed by atoms with Crippen LogP contribution in [0.3, 0.4) is 0 Å². The Hall–Kier alpha value is -4.90. The second-order valence-electron chi connectivity index (χ2n) is 11.7. The molecule has 276 valence electrons. The highest BCUT2D eigenvalue weighted by Gasteiger charge is 2.39. The summed E-state index contributed by atoms with van der Waals surface area (Å²) in [5.41, 5.74) is 3.17. The molecule has 2 amide bonds. The van der Waals surface area contributed by atoms with E-state index in [0.29, 0.717) is 36.8 Å². The Morgan fingerprint density at radius 2 is 1.48 bits per heavy atom. The maximum absolute atomic E-state index is 13.3. The fourth-order valence-electron chi connectivity index (χ4n) is 5.22. The molecule has 0 saturated heterocycles. The fourth-order valence-corrected chi connectivity index (χ4v) is 5.22. The zero-order valence-corrected chi connectivity index (χ0v) is 27.0. The van der Waals surface area contributed by atoms with Gasteiger partial charge in [0.05, 0.1) is 6.42 Å². The van der Waals surface area contributed by atoms with Gasteiger partial charge in [0, 0.05) is 50.3 Å². The van der Waals surface area contributed by atoms with Gasteiger partial charge in [-0.25, -0.2) is 9.59 Å². The second kappa shape index (κ2) is 18.7. The lowest BCUT2D eigenvalue weighted by Gasteiger charge is -2.27. The van der Waals surface area contributed by atoms with Crippen molar-refractivity contribution >= 4 is 35.4 Å². The highest BCUT2D eigenvalue weighted by Crippen LogP contribution is 2.29. The van der Waals surface area contributed by atoms with Crippen molar-refractivity contribution in [1.82, 2.24) is 14.8 Å². The number of nitrogens with zero attached hydrogens (tertiary/aromatic N) is 3. The number of carboxylic acids is 3. The van der Waals surface area contributed by atoms with Crippen molar-refractivity contribution in [2.24, 2.45) is 5.92 Å². The summed E-state index contributed by atoms with van der Waals surface area (Å²) < 4.78 is 63.5. The Labute approximate surface area is 283 Å². The van der Waals surface area contributed by atoms with Crippen LogP contribution in [-0.2, 0) is 32.1 Å². The van der Waals surface area contributed by atoms with Gasteiger partial charge >= 0.3 is 30.3 Å². The van der Waals surface area contributed by atoms with E-state index in [9.17, 15) is 45.8 Å². The summed E-state index contributed by atoms with van der Waals surface area (Å²) >= 11 is 0. The third-order valence-corrected chi connectivity index (χ3v) is 7.89. The van der Waals surface area contributed by atoms with Gasteiger partial charge in [-0.2, -0.15) is 26.3 Å². The summed E-state index contributed by atoms with van der Waals surface area (Å²) in [6, 6.07) is 8.45. The predicted octanol–water partition coefficient (Wildman–Crippen LogP) is 5.23. The average Bonchev–Trinajstić information content (AvgIpc) is 3.17. The van der Waals surface area contributed by atoms with Crippen LogP contribution in [-0.4, -0.2) is 98.4 Å². The number of fused-ring (bicyclic) bond motifs is 1. The number of amides is 2. The van der Waals surface area contributed by atoms with Gasteiger partial charge in [0.1, 0.15) is 6.04 Å². The molecule has 2 aromatic rings. The first-order valence-electron chi connectivity index (χ1n) is 15.4. The number of benzene rings is 1. The molecule has 1 fully saturated rings. The maximum Gasteiger partial charge on any atom is 0.490 e. The molecule has 4 rings (SSSR count). The third-order valence-electron chi connectivity index (χ3n) is 7.89. The van der Waals surface area contributed by atoms with Crippen molar-refractivity contribution in [3.63, 3.8) is 0 Å². The highest BCUT2D eigenvalue weighted by atomic mass is 19.4. The summed E-state index contributed by atoms with van der Waals surface area (Å²) in [5.74, 6) is -6.22.